The fourth-order valence-electron chi connectivity index (χ4n) is 1.84. The third kappa shape index (κ3) is 2.91. The van der Waals surface area contributed by atoms with E-state index in [0.29, 0.717) is 0 Å². The molecule has 1 aromatic carbocycles. The maximum absolute atomic E-state index is 13.1. The third-order valence-electron chi connectivity index (χ3n) is 2.84. The Kier molecular flexibility index (Phi) is 3.54. The van der Waals surface area contributed by atoms with E-state index in [1.54, 1.807) is 18.3 Å². The molecule has 2 N–H and O–H groups in total. The molecular formula is C13H16FN3. The lowest BCUT2D eigenvalue weighted by atomic mass is 10.1. The van der Waals surface area contributed by atoms with Gasteiger partial charge in [-0.3, -0.25) is 5.10 Å². The fraction of sp³-hybridized carbons (Fsp3) is 0.308. The molecule has 0 amide bonds. The highest BCUT2D eigenvalue weighted by molar-refractivity contribution is 5.20. The van der Waals surface area contributed by atoms with Crippen molar-refractivity contribution in [3.63, 3.8) is 0 Å². The summed E-state index contributed by atoms with van der Waals surface area (Å²) in [4.78, 5) is 0. The van der Waals surface area contributed by atoms with Crippen LogP contribution in [-0.2, 0) is 0 Å². The van der Waals surface area contributed by atoms with E-state index in [9.17, 15) is 4.39 Å². The molecule has 0 aliphatic rings. The summed E-state index contributed by atoms with van der Waals surface area (Å²) < 4.78 is 13.1. The van der Waals surface area contributed by atoms with Crippen LogP contribution < -0.4 is 5.32 Å². The van der Waals surface area contributed by atoms with Crippen LogP contribution in [0.2, 0.25) is 0 Å². The molecule has 90 valence electrons. The molecule has 17 heavy (non-hydrogen) atoms. The third-order valence-corrected chi connectivity index (χ3v) is 2.84. The molecule has 3 nitrogen and oxygen atoms in total. The smallest absolute Gasteiger partial charge is 0.123 e. The Labute approximate surface area is 100 Å². The number of halogens is 1. The van der Waals surface area contributed by atoms with Gasteiger partial charge in [0.15, 0.2) is 0 Å². The summed E-state index contributed by atoms with van der Waals surface area (Å²) in [5.41, 5.74) is 1.96. The number of aromatic nitrogens is 2. The maximum Gasteiger partial charge on any atom is 0.123 e. The van der Waals surface area contributed by atoms with E-state index in [2.05, 4.69) is 15.5 Å². The van der Waals surface area contributed by atoms with Crippen molar-refractivity contribution in [1.29, 1.82) is 0 Å². The van der Waals surface area contributed by atoms with Gasteiger partial charge in [-0.2, -0.15) is 5.10 Å². The predicted molar refractivity (Wildman–Crippen MR) is 65.0 cm³/mol. The predicted octanol–water partition coefficient (Wildman–Crippen LogP) is 2.96. The second kappa shape index (κ2) is 5.10. The van der Waals surface area contributed by atoms with Gasteiger partial charge >= 0.3 is 0 Å². The molecule has 0 fully saturated rings. The zero-order valence-electron chi connectivity index (χ0n) is 9.94. The summed E-state index contributed by atoms with van der Waals surface area (Å²) >= 11 is 0. The standard InChI is InChI=1S/C13H16FN3/c1-9(11-4-3-5-12(14)8-11)16-10(2)13-6-7-15-17-13/h3-10,16H,1-2H3,(H,15,17). The minimum atomic E-state index is -0.203. The van der Waals surface area contributed by atoms with Gasteiger partial charge in [0, 0.05) is 18.3 Å². The molecule has 2 aromatic rings. The van der Waals surface area contributed by atoms with Crippen molar-refractivity contribution in [2.24, 2.45) is 0 Å². The van der Waals surface area contributed by atoms with Crippen molar-refractivity contribution in [2.75, 3.05) is 0 Å². The number of rotatable bonds is 4. The molecule has 2 unspecified atom stereocenters. The number of H-pyrrole nitrogens is 1. The van der Waals surface area contributed by atoms with E-state index in [1.807, 2.05) is 26.0 Å². The van der Waals surface area contributed by atoms with Crippen LogP contribution in [0.1, 0.15) is 37.2 Å². The van der Waals surface area contributed by atoms with E-state index < -0.39 is 0 Å². The summed E-state index contributed by atoms with van der Waals surface area (Å²) in [6.07, 6.45) is 1.72. The minimum Gasteiger partial charge on any atom is -0.302 e. The Morgan fingerprint density at radius 2 is 2.06 bits per heavy atom. The molecule has 0 radical (unpaired) electrons. The molecule has 2 rings (SSSR count). The van der Waals surface area contributed by atoms with Gasteiger partial charge in [0.25, 0.3) is 0 Å². The zero-order chi connectivity index (χ0) is 12.3. The molecule has 1 heterocycles. The summed E-state index contributed by atoms with van der Waals surface area (Å²) in [7, 11) is 0. The molecule has 0 aliphatic heterocycles. The Morgan fingerprint density at radius 1 is 1.24 bits per heavy atom. The number of hydrogen-bond acceptors (Lipinski definition) is 2. The summed E-state index contributed by atoms with van der Waals surface area (Å²) in [5, 5.41) is 10.2. The van der Waals surface area contributed by atoms with E-state index in [-0.39, 0.29) is 17.9 Å². The largest absolute Gasteiger partial charge is 0.302 e. The number of nitrogens with zero attached hydrogens (tertiary/aromatic N) is 1. The minimum absolute atomic E-state index is 0.0870. The first-order valence-electron chi connectivity index (χ1n) is 5.67. The highest BCUT2D eigenvalue weighted by atomic mass is 19.1. The van der Waals surface area contributed by atoms with Gasteiger partial charge < -0.3 is 5.32 Å². The lowest BCUT2D eigenvalue weighted by Gasteiger charge is -2.19. The Balaban J connectivity index is 2.04. The number of aromatic amines is 1. The van der Waals surface area contributed by atoms with Gasteiger partial charge in [-0.25, -0.2) is 4.39 Å². The lowest BCUT2D eigenvalue weighted by molar-refractivity contribution is 0.483. The van der Waals surface area contributed by atoms with Gasteiger partial charge in [0.2, 0.25) is 0 Å². The first kappa shape index (κ1) is 11.8. The van der Waals surface area contributed by atoms with Crippen LogP contribution >= 0.6 is 0 Å². The van der Waals surface area contributed by atoms with E-state index in [0.717, 1.165) is 11.3 Å². The van der Waals surface area contributed by atoms with Gasteiger partial charge in [-0.15, -0.1) is 0 Å². The summed E-state index contributed by atoms with van der Waals surface area (Å²) in [6.45, 7) is 4.06. The number of nitrogens with one attached hydrogen (secondary N) is 2. The first-order chi connectivity index (χ1) is 8.16. The van der Waals surface area contributed by atoms with Crippen molar-refractivity contribution in [2.45, 2.75) is 25.9 Å². The number of hydrogen-bond donors (Lipinski definition) is 2. The first-order valence-corrected chi connectivity index (χ1v) is 5.67. The molecule has 0 saturated carbocycles. The summed E-state index contributed by atoms with van der Waals surface area (Å²) in [5.74, 6) is -0.203. The lowest BCUT2D eigenvalue weighted by Crippen LogP contribution is -2.22. The maximum atomic E-state index is 13.1. The molecule has 0 aliphatic carbocycles. The van der Waals surface area contributed by atoms with Gasteiger partial charge in [0.1, 0.15) is 5.82 Å². The van der Waals surface area contributed by atoms with Crippen LogP contribution in [0.25, 0.3) is 0 Å². The highest BCUT2D eigenvalue weighted by Gasteiger charge is 2.12. The molecule has 0 spiro atoms. The van der Waals surface area contributed by atoms with Gasteiger partial charge in [0.05, 0.1) is 5.69 Å². The SMILES string of the molecule is CC(NC(C)c1ccn[nH]1)c1cccc(F)c1. The zero-order valence-corrected chi connectivity index (χ0v) is 9.94. The topological polar surface area (TPSA) is 40.7 Å². The fourth-order valence-corrected chi connectivity index (χ4v) is 1.84. The Hall–Kier alpha value is -1.68. The number of benzene rings is 1. The average molecular weight is 233 g/mol. The molecular weight excluding hydrogens is 217 g/mol. The average Bonchev–Trinajstić information content (AvgIpc) is 2.82. The molecule has 0 bridgehead atoms. The normalized spacial score (nSPS) is 14.5. The van der Waals surface area contributed by atoms with Gasteiger partial charge in [-0.1, -0.05) is 12.1 Å². The highest BCUT2D eigenvalue weighted by Crippen LogP contribution is 2.18. The molecule has 2 atom stereocenters. The van der Waals surface area contributed by atoms with E-state index >= 15 is 0 Å². The van der Waals surface area contributed by atoms with Crippen molar-refractivity contribution in [3.8, 4) is 0 Å². The quantitative estimate of drug-likeness (QED) is 0.852. The molecule has 0 saturated heterocycles. The van der Waals surface area contributed by atoms with Crippen molar-refractivity contribution >= 4 is 0 Å². The van der Waals surface area contributed by atoms with Crippen LogP contribution in [0.4, 0.5) is 4.39 Å². The monoisotopic (exact) mass is 233 g/mol. The van der Waals surface area contributed by atoms with Crippen LogP contribution in [0.5, 0.6) is 0 Å². The van der Waals surface area contributed by atoms with Crippen molar-refractivity contribution < 1.29 is 4.39 Å². The second-order valence-corrected chi connectivity index (χ2v) is 4.18. The van der Waals surface area contributed by atoms with E-state index in [1.165, 1.54) is 6.07 Å². The molecule has 1 aromatic heterocycles. The van der Waals surface area contributed by atoms with E-state index in [4.69, 9.17) is 0 Å². The van der Waals surface area contributed by atoms with Crippen molar-refractivity contribution in [1.82, 2.24) is 15.5 Å². The Bertz CT molecular complexity index is 467. The van der Waals surface area contributed by atoms with Crippen molar-refractivity contribution in [3.05, 3.63) is 53.6 Å². The van der Waals surface area contributed by atoms with Crippen LogP contribution in [-0.4, -0.2) is 10.2 Å². The van der Waals surface area contributed by atoms with Crippen LogP contribution in [0.15, 0.2) is 36.5 Å². The Morgan fingerprint density at radius 3 is 2.71 bits per heavy atom. The van der Waals surface area contributed by atoms with Crippen LogP contribution in [0.3, 0.4) is 0 Å². The second-order valence-electron chi connectivity index (χ2n) is 4.18. The van der Waals surface area contributed by atoms with Crippen LogP contribution in [0, 0.1) is 5.82 Å². The van der Waals surface area contributed by atoms with Gasteiger partial charge in [-0.05, 0) is 37.6 Å². The molecule has 4 heteroatoms. The summed E-state index contributed by atoms with van der Waals surface area (Å²) in [6, 6.07) is 8.81.